The van der Waals surface area contributed by atoms with Gasteiger partial charge in [0.05, 0.1) is 0 Å². The minimum atomic E-state index is -0.348. The van der Waals surface area contributed by atoms with Crippen LogP contribution in [0.25, 0.3) is 0 Å². The van der Waals surface area contributed by atoms with Gasteiger partial charge in [0.25, 0.3) is 0 Å². The van der Waals surface area contributed by atoms with Crippen LogP contribution in [-0.4, -0.2) is 30.6 Å². The van der Waals surface area contributed by atoms with E-state index in [-0.39, 0.29) is 11.6 Å². The zero-order valence-corrected chi connectivity index (χ0v) is 11.7. The van der Waals surface area contributed by atoms with E-state index in [4.69, 9.17) is 0 Å². The number of benzene rings is 1. The van der Waals surface area contributed by atoms with Gasteiger partial charge < -0.3 is 5.32 Å². The number of halogens is 2. The Kier molecular flexibility index (Phi) is 4.32. The molecular formula is C16H22F2N2. The molecule has 1 N–H and O–H groups in total. The smallest absolute Gasteiger partial charge is 0.127 e. The molecule has 2 aliphatic rings. The molecule has 2 fully saturated rings. The molecule has 3 rings (SSSR count). The van der Waals surface area contributed by atoms with Crippen LogP contribution >= 0.6 is 0 Å². The third-order valence-electron chi connectivity index (χ3n) is 4.40. The van der Waals surface area contributed by atoms with E-state index < -0.39 is 0 Å². The summed E-state index contributed by atoms with van der Waals surface area (Å²) in [6.45, 7) is 3.72. The van der Waals surface area contributed by atoms with Gasteiger partial charge >= 0.3 is 0 Å². The van der Waals surface area contributed by atoms with Crippen molar-refractivity contribution in [3.63, 3.8) is 0 Å². The Bertz CT molecular complexity index is 454. The third kappa shape index (κ3) is 3.55. The van der Waals surface area contributed by atoms with Crippen molar-refractivity contribution in [2.45, 2.75) is 38.3 Å². The minimum Gasteiger partial charge on any atom is -0.317 e. The number of hydrogen-bond acceptors (Lipinski definition) is 2. The number of rotatable bonds is 5. The van der Waals surface area contributed by atoms with Gasteiger partial charge in [0, 0.05) is 24.7 Å². The van der Waals surface area contributed by atoms with E-state index in [2.05, 4.69) is 10.2 Å². The highest BCUT2D eigenvalue weighted by atomic mass is 19.1. The molecular weight excluding hydrogens is 258 g/mol. The van der Waals surface area contributed by atoms with E-state index in [0.717, 1.165) is 19.6 Å². The maximum absolute atomic E-state index is 13.8. The molecule has 110 valence electrons. The second-order valence-electron chi connectivity index (χ2n) is 6.09. The number of piperidine rings is 1. The first-order valence-corrected chi connectivity index (χ1v) is 7.61. The lowest BCUT2D eigenvalue weighted by Crippen LogP contribution is -2.37. The van der Waals surface area contributed by atoms with Gasteiger partial charge in [-0.25, -0.2) is 8.78 Å². The molecule has 1 saturated carbocycles. The molecule has 1 aliphatic heterocycles. The highest BCUT2D eigenvalue weighted by Gasteiger charge is 2.31. The molecule has 0 amide bonds. The first-order valence-electron chi connectivity index (χ1n) is 7.61. The Labute approximate surface area is 119 Å². The van der Waals surface area contributed by atoms with Crippen LogP contribution in [0.5, 0.6) is 0 Å². The Balaban J connectivity index is 1.66. The molecule has 1 aromatic carbocycles. The first-order chi connectivity index (χ1) is 9.72. The van der Waals surface area contributed by atoms with Crippen LogP contribution < -0.4 is 5.32 Å². The summed E-state index contributed by atoms with van der Waals surface area (Å²) in [5, 5.41) is 3.37. The maximum atomic E-state index is 13.8. The van der Waals surface area contributed by atoms with Crippen molar-refractivity contribution >= 4 is 0 Å². The van der Waals surface area contributed by atoms with Crippen molar-refractivity contribution in [3.8, 4) is 0 Å². The van der Waals surface area contributed by atoms with Crippen molar-refractivity contribution in [3.05, 3.63) is 35.4 Å². The lowest BCUT2D eigenvalue weighted by molar-refractivity contribution is 0.188. The quantitative estimate of drug-likeness (QED) is 0.892. The Morgan fingerprint density at radius 1 is 1.10 bits per heavy atom. The molecule has 4 heteroatoms. The van der Waals surface area contributed by atoms with Crippen LogP contribution in [0.1, 0.15) is 31.2 Å². The summed E-state index contributed by atoms with van der Waals surface area (Å²) >= 11 is 0. The van der Waals surface area contributed by atoms with Gasteiger partial charge in [0.1, 0.15) is 11.6 Å². The fourth-order valence-electron chi connectivity index (χ4n) is 3.06. The average Bonchev–Trinajstić information content (AvgIpc) is 3.28. The minimum absolute atomic E-state index is 0.289. The van der Waals surface area contributed by atoms with Crippen LogP contribution in [0.15, 0.2) is 18.2 Å². The molecule has 0 bridgehead atoms. The second kappa shape index (κ2) is 6.19. The van der Waals surface area contributed by atoms with E-state index in [1.54, 1.807) is 0 Å². The molecule has 1 heterocycles. The van der Waals surface area contributed by atoms with Crippen LogP contribution in [0, 0.1) is 17.6 Å². The summed E-state index contributed by atoms with van der Waals surface area (Å²) < 4.78 is 27.1. The molecule has 1 saturated heterocycles. The molecule has 1 aliphatic carbocycles. The molecule has 20 heavy (non-hydrogen) atoms. The van der Waals surface area contributed by atoms with Crippen molar-refractivity contribution in [2.24, 2.45) is 5.92 Å². The van der Waals surface area contributed by atoms with Crippen molar-refractivity contribution in [2.75, 3.05) is 19.6 Å². The highest BCUT2D eigenvalue weighted by Crippen LogP contribution is 2.30. The second-order valence-corrected chi connectivity index (χ2v) is 6.09. The average molecular weight is 280 g/mol. The monoisotopic (exact) mass is 280 g/mol. The first kappa shape index (κ1) is 14.0. The molecule has 1 aromatic rings. The molecule has 0 radical (unpaired) electrons. The summed E-state index contributed by atoms with van der Waals surface area (Å²) in [5.41, 5.74) is 0.492. The summed E-state index contributed by atoms with van der Waals surface area (Å²) in [5.74, 6) is 0.0508. The Hall–Kier alpha value is -1.00. The van der Waals surface area contributed by atoms with E-state index in [1.165, 1.54) is 43.9 Å². The van der Waals surface area contributed by atoms with Crippen LogP contribution in [0.3, 0.4) is 0 Å². The van der Waals surface area contributed by atoms with E-state index in [1.807, 2.05) is 0 Å². The van der Waals surface area contributed by atoms with Gasteiger partial charge in [0.15, 0.2) is 0 Å². The van der Waals surface area contributed by atoms with Crippen LogP contribution in [-0.2, 0) is 6.54 Å². The molecule has 2 nitrogen and oxygen atoms in total. The van der Waals surface area contributed by atoms with E-state index in [0.29, 0.717) is 24.1 Å². The summed E-state index contributed by atoms with van der Waals surface area (Å²) in [4.78, 5) is 2.36. The molecule has 0 spiro atoms. The van der Waals surface area contributed by atoms with E-state index >= 15 is 0 Å². The highest BCUT2D eigenvalue weighted by molar-refractivity contribution is 5.19. The largest absolute Gasteiger partial charge is 0.317 e. The SMILES string of the molecule is Fc1ccc(F)c(CN(CC2CCNCC2)C2CC2)c1. The number of hydrogen-bond donors (Lipinski definition) is 1. The van der Waals surface area contributed by atoms with Gasteiger partial charge in [-0.05, 0) is 62.9 Å². The fraction of sp³-hybridized carbons (Fsp3) is 0.625. The van der Waals surface area contributed by atoms with E-state index in [9.17, 15) is 8.78 Å². The van der Waals surface area contributed by atoms with Gasteiger partial charge in [-0.1, -0.05) is 0 Å². The Morgan fingerprint density at radius 3 is 2.55 bits per heavy atom. The molecule has 0 unspecified atom stereocenters. The lowest BCUT2D eigenvalue weighted by Gasteiger charge is -2.30. The molecule has 0 atom stereocenters. The zero-order chi connectivity index (χ0) is 13.9. The lowest BCUT2D eigenvalue weighted by atomic mass is 9.97. The zero-order valence-electron chi connectivity index (χ0n) is 11.7. The summed E-state index contributed by atoms with van der Waals surface area (Å²) in [7, 11) is 0. The normalized spacial score (nSPS) is 20.6. The van der Waals surface area contributed by atoms with Crippen LogP contribution in [0.2, 0.25) is 0 Å². The topological polar surface area (TPSA) is 15.3 Å². The maximum Gasteiger partial charge on any atom is 0.127 e. The summed E-state index contributed by atoms with van der Waals surface area (Å²) in [6.07, 6.45) is 4.77. The number of nitrogens with one attached hydrogen (secondary N) is 1. The predicted octanol–water partition coefficient (Wildman–Crippen LogP) is 2.93. The number of nitrogens with zero attached hydrogens (tertiary/aromatic N) is 1. The van der Waals surface area contributed by atoms with Crippen molar-refractivity contribution in [1.29, 1.82) is 0 Å². The van der Waals surface area contributed by atoms with Gasteiger partial charge in [-0.15, -0.1) is 0 Å². The van der Waals surface area contributed by atoms with Crippen molar-refractivity contribution < 1.29 is 8.78 Å². The standard InChI is InChI=1S/C16H22F2N2/c17-14-1-4-16(18)13(9-14)11-20(15-2-3-15)10-12-5-7-19-8-6-12/h1,4,9,12,15,19H,2-3,5-8,10-11H2. The summed E-state index contributed by atoms with van der Waals surface area (Å²) in [6, 6.07) is 4.34. The molecule has 0 aromatic heterocycles. The fourth-order valence-corrected chi connectivity index (χ4v) is 3.06. The Morgan fingerprint density at radius 2 is 1.85 bits per heavy atom. The van der Waals surface area contributed by atoms with Crippen molar-refractivity contribution in [1.82, 2.24) is 10.2 Å². The van der Waals surface area contributed by atoms with Gasteiger partial charge in [-0.2, -0.15) is 0 Å². The predicted molar refractivity (Wildman–Crippen MR) is 75.4 cm³/mol. The third-order valence-corrected chi connectivity index (χ3v) is 4.40. The van der Waals surface area contributed by atoms with Crippen LogP contribution in [0.4, 0.5) is 8.78 Å². The van der Waals surface area contributed by atoms with Gasteiger partial charge in [-0.3, -0.25) is 4.90 Å². The van der Waals surface area contributed by atoms with Gasteiger partial charge in [0.2, 0.25) is 0 Å².